The Morgan fingerprint density at radius 3 is 2.46 bits per heavy atom. The van der Waals surface area contributed by atoms with Crippen LogP contribution in [0.25, 0.3) is 0 Å². The molecular weight excluding hydrogens is 354 g/mol. The minimum Gasteiger partial charge on any atom is -0.497 e. The molecule has 0 fully saturated rings. The Hall–Kier alpha value is -2.57. The molecule has 2 N–H and O–H groups in total. The number of carbonyl (C=O) groups is 2. The van der Waals surface area contributed by atoms with E-state index in [4.69, 9.17) is 16.3 Å². The molecule has 0 aromatic heterocycles. The number of hydrogen-bond acceptors (Lipinski definition) is 4. The Kier molecular flexibility index (Phi) is 7.00. The zero-order valence-electron chi connectivity index (χ0n) is 15.0. The molecule has 1 unspecified atom stereocenters. The van der Waals surface area contributed by atoms with Crippen LogP contribution in [0.4, 0.5) is 11.4 Å². The van der Waals surface area contributed by atoms with Crippen LogP contribution in [0.2, 0.25) is 5.02 Å². The summed E-state index contributed by atoms with van der Waals surface area (Å²) in [5.41, 5.74) is 1.29. The molecule has 138 valence electrons. The maximum atomic E-state index is 12.4. The van der Waals surface area contributed by atoms with E-state index >= 15 is 0 Å². The maximum Gasteiger partial charge on any atom is 0.241 e. The van der Waals surface area contributed by atoms with Crippen LogP contribution >= 0.6 is 11.6 Å². The van der Waals surface area contributed by atoms with Gasteiger partial charge in [0.25, 0.3) is 0 Å². The van der Waals surface area contributed by atoms with Gasteiger partial charge in [-0.05, 0) is 50.4 Å². The van der Waals surface area contributed by atoms with E-state index in [1.54, 1.807) is 74.5 Å². The Labute approximate surface area is 158 Å². The summed E-state index contributed by atoms with van der Waals surface area (Å²) in [6.07, 6.45) is 0. The van der Waals surface area contributed by atoms with E-state index in [-0.39, 0.29) is 18.4 Å². The van der Waals surface area contributed by atoms with Crippen molar-refractivity contribution in [3.05, 3.63) is 53.6 Å². The van der Waals surface area contributed by atoms with Gasteiger partial charge in [-0.15, -0.1) is 0 Å². The van der Waals surface area contributed by atoms with Crippen molar-refractivity contribution in [2.45, 2.75) is 13.0 Å². The molecular formula is C19H22ClN3O3. The van der Waals surface area contributed by atoms with Gasteiger partial charge in [-0.25, -0.2) is 0 Å². The lowest BCUT2D eigenvalue weighted by molar-refractivity contribution is -0.122. The number of methoxy groups -OCH3 is 1. The Morgan fingerprint density at radius 2 is 1.81 bits per heavy atom. The molecule has 0 saturated heterocycles. The van der Waals surface area contributed by atoms with Crippen LogP contribution in [0.5, 0.6) is 5.75 Å². The highest BCUT2D eigenvalue weighted by atomic mass is 35.5. The highest BCUT2D eigenvalue weighted by Crippen LogP contribution is 2.17. The van der Waals surface area contributed by atoms with E-state index in [2.05, 4.69) is 10.6 Å². The normalized spacial score (nSPS) is 11.7. The van der Waals surface area contributed by atoms with Gasteiger partial charge in [0.1, 0.15) is 5.75 Å². The minimum absolute atomic E-state index is 0.0787. The second kappa shape index (κ2) is 9.22. The number of benzene rings is 2. The summed E-state index contributed by atoms with van der Waals surface area (Å²) >= 11 is 5.82. The second-order valence-corrected chi connectivity index (χ2v) is 6.30. The van der Waals surface area contributed by atoms with Crippen molar-refractivity contribution in [2.75, 3.05) is 31.3 Å². The summed E-state index contributed by atoms with van der Waals surface area (Å²) in [6, 6.07) is 13.5. The molecule has 2 aromatic carbocycles. The van der Waals surface area contributed by atoms with Crippen LogP contribution in [0.15, 0.2) is 48.5 Å². The topological polar surface area (TPSA) is 70.7 Å². The molecule has 7 heteroatoms. The third-order valence-corrected chi connectivity index (χ3v) is 4.15. The lowest BCUT2D eigenvalue weighted by atomic mass is 10.2. The first kappa shape index (κ1) is 19.8. The lowest BCUT2D eigenvalue weighted by Gasteiger charge is -2.23. The molecule has 0 heterocycles. The van der Waals surface area contributed by atoms with Crippen LogP contribution in [-0.2, 0) is 9.59 Å². The van der Waals surface area contributed by atoms with Gasteiger partial charge in [0.05, 0.1) is 19.7 Å². The summed E-state index contributed by atoms with van der Waals surface area (Å²) < 4.78 is 5.14. The maximum absolute atomic E-state index is 12.4. The molecule has 0 aliphatic carbocycles. The van der Waals surface area contributed by atoms with Crippen molar-refractivity contribution in [3.8, 4) is 5.75 Å². The summed E-state index contributed by atoms with van der Waals surface area (Å²) in [4.78, 5) is 26.2. The van der Waals surface area contributed by atoms with E-state index in [0.29, 0.717) is 22.1 Å². The fourth-order valence-corrected chi connectivity index (χ4v) is 2.37. The third kappa shape index (κ3) is 5.75. The van der Waals surface area contributed by atoms with Crippen molar-refractivity contribution in [2.24, 2.45) is 0 Å². The van der Waals surface area contributed by atoms with E-state index in [1.807, 2.05) is 0 Å². The number of nitrogens with zero attached hydrogens (tertiary/aromatic N) is 1. The second-order valence-electron chi connectivity index (χ2n) is 5.87. The molecule has 0 saturated carbocycles. The summed E-state index contributed by atoms with van der Waals surface area (Å²) in [7, 11) is 3.29. The molecule has 6 nitrogen and oxygen atoms in total. The molecule has 0 bridgehead atoms. The van der Waals surface area contributed by atoms with Gasteiger partial charge in [-0.1, -0.05) is 17.7 Å². The average Bonchev–Trinajstić information content (AvgIpc) is 2.63. The SMILES string of the molecule is COc1cccc(NC(=O)C(C)N(C)CC(=O)Nc2ccc(Cl)cc2)c1. The van der Waals surface area contributed by atoms with Crippen LogP contribution in [-0.4, -0.2) is 43.5 Å². The van der Waals surface area contributed by atoms with Crippen molar-refractivity contribution >= 4 is 34.8 Å². The van der Waals surface area contributed by atoms with E-state index < -0.39 is 6.04 Å². The summed E-state index contributed by atoms with van der Waals surface area (Å²) in [5.74, 6) is 0.238. The smallest absolute Gasteiger partial charge is 0.241 e. The number of ether oxygens (including phenoxy) is 1. The minimum atomic E-state index is -0.489. The number of nitrogens with one attached hydrogen (secondary N) is 2. The van der Waals surface area contributed by atoms with Crippen molar-refractivity contribution < 1.29 is 14.3 Å². The number of hydrogen-bond donors (Lipinski definition) is 2. The fourth-order valence-electron chi connectivity index (χ4n) is 2.24. The Morgan fingerprint density at radius 1 is 1.12 bits per heavy atom. The standard InChI is InChI=1S/C19H22ClN3O3/c1-13(19(25)22-16-5-4-6-17(11-16)26-3)23(2)12-18(24)21-15-9-7-14(20)8-10-15/h4-11,13H,12H2,1-3H3,(H,21,24)(H,22,25). The largest absolute Gasteiger partial charge is 0.497 e. The number of likely N-dealkylation sites (N-methyl/N-ethyl adjacent to an activating group) is 1. The van der Waals surface area contributed by atoms with Crippen LogP contribution in [0.1, 0.15) is 6.92 Å². The van der Waals surface area contributed by atoms with Crippen molar-refractivity contribution in [1.82, 2.24) is 4.90 Å². The van der Waals surface area contributed by atoms with Crippen molar-refractivity contribution in [3.63, 3.8) is 0 Å². The Balaban J connectivity index is 1.88. The highest BCUT2D eigenvalue weighted by molar-refractivity contribution is 6.30. The summed E-state index contributed by atoms with van der Waals surface area (Å²) in [5, 5.41) is 6.19. The summed E-state index contributed by atoms with van der Waals surface area (Å²) in [6.45, 7) is 1.82. The molecule has 0 aliphatic rings. The van der Waals surface area contributed by atoms with Crippen LogP contribution in [0, 0.1) is 0 Å². The lowest BCUT2D eigenvalue weighted by Crippen LogP contribution is -2.43. The van der Waals surface area contributed by atoms with Crippen LogP contribution < -0.4 is 15.4 Å². The molecule has 2 amide bonds. The number of amides is 2. The number of halogens is 1. The van der Waals surface area contributed by atoms with Gasteiger partial charge in [0, 0.05) is 22.5 Å². The zero-order valence-corrected chi connectivity index (χ0v) is 15.7. The first-order chi connectivity index (χ1) is 12.4. The molecule has 1 atom stereocenters. The molecule has 0 aliphatic heterocycles. The average molecular weight is 376 g/mol. The predicted molar refractivity (Wildman–Crippen MR) is 104 cm³/mol. The number of anilines is 2. The molecule has 2 rings (SSSR count). The van der Waals surface area contributed by atoms with Gasteiger partial charge in [-0.3, -0.25) is 14.5 Å². The number of rotatable bonds is 7. The zero-order chi connectivity index (χ0) is 19.1. The van der Waals surface area contributed by atoms with Gasteiger partial charge in [0.15, 0.2) is 0 Å². The predicted octanol–water partition coefficient (Wildman–Crippen LogP) is 3.25. The Bertz CT molecular complexity index is 765. The van der Waals surface area contributed by atoms with E-state index in [1.165, 1.54) is 0 Å². The van der Waals surface area contributed by atoms with Gasteiger partial charge >= 0.3 is 0 Å². The molecule has 2 aromatic rings. The third-order valence-electron chi connectivity index (χ3n) is 3.90. The highest BCUT2D eigenvalue weighted by Gasteiger charge is 2.20. The van der Waals surface area contributed by atoms with Crippen molar-refractivity contribution in [1.29, 1.82) is 0 Å². The number of carbonyl (C=O) groups excluding carboxylic acids is 2. The van der Waals surface area contributed by atoms with E-state index in [0.717, 1.165) is 0 Å². The van der Waals surface area contributed by atoms with Gasteiger partial charge in [-0.2, -0.15) is 0 Å². The van der Waals surface area contributed by atoms with Crippen LogP contribution in [0.3, 0.4) is 0 Å². The monoisotopic (exact) mass is 375 g/mol. The first-order valence-electron chi connectivity index (χ1n) is 8.09. The van der Waals surface area contributed by atoms with Gasteiger partial charge < -0.3 is 15.4 Å². The molecule has 0 spiro atoms. The first-order valence-corrected chi connectivity index (χ1v) is 8.47. The fraction of sp³-hybridized carbons (Fsp3) is 0.263. The van der Waals surface area contributed by atoms with E-state index in [9.17, 15) is 9.59 Å². The van der Waals surface area contributed by atoms with Gasteiger partial charge in [0.2, 0.25) is 11.8 Å². The quantitative estimate of drug-likeness (QED) is 0.779. The molecule has 0 radical (unpaired) electrons. The molecule has 26 heavy (non-hydrogen) atoms.